The molecule has 0 saturated heterocycles. The zero-order chi connectivity index (χ0) is 9.03. The molecule has 12 heavy (non-hydrogen) atoms. The Balaban J connectivity index is 2.82. The monoisotopic (exact) mass is 164 g/mol. The lowest BCUT2D eigenvalue weighted by Gasteiger charge is -2.17. The van der Waals surface area contributed by atoms with Crippen LogP contribution in [0.25, 0.3) is 0 Å². The van der Waals surface area contributed by atoms with E-state index in [0.717, 1.165) is 0 Å². The van der Waals surface area contributed by atoms with Crippen molar-refractivity contribution in [3.63, 3.8) is 0 Å². The molecule has 1 heterocycles. The van der Waals surface area contributed by atoms with E-state index in [-0.39, 0.29) is 5.54 Å². The van der Waals surface area contributed by atoms with Crippen molar-refractivity contribution in [3.8, 4) is 0 Å². The SMILES string of the molecule is CCCC(C)(C)[n+]1ccccc1. The zero-order valence-electron chi connectivity index (χ0n) is 8.25. The molecule has 0 aliphatic heterocycles. The number of nitrogens with zero attached hydrogens (tertiary/aromatic N) is 1. The number of hydrogen-bond acceptors (Lipinski definition) is 0. The predicted molar refractivity (Wildman–Crippen MR) is 50.9 cm³/mol. The molecule has 0 aromatic carbocycles. The van der Waals surface area contributed by atoms with Gasteiger partial charge >= 0.3 is 0 Å². The average molecular weight is 164 g/mol. The molecule has 0 atom stereocenters. The Morgan fingerprint density at radius 2 is 1.67 bits per heavy atom. The van der Waals surface area contributed by atoms with Gasteiger partial charge in [0.2, 0.25) is 0 Å². The van der Waals surface area contributed by atoms with Crippen LogP contribution in [0.1, 0.15) is 33.6 Å². The van der Waals surface area contributed by atoms with Crippen molar-refractivity contribution in [2.75, 3.05) is 0 Å². The quantitative estimate of drug-likeness (QED) is 0.604. The van der Waals surface area contributed by atoms with Crippen molar-refractivity contribution in [1.82, 2.24) is 0 Å². The molecule has 0 saturated carbocycles. The molecular formula is C11H18N+. The largest absolute Gasteiger partial charge is 0.200 e. The highest BCUT2D eigenvalue weighted by atomic mass is 15.0. The van der Waals surface area contributed by atoms with Crippen LogP contribution in [0.2, 0.25) is 0 Å². The molecule has 0 spiro atoms. The Hall–Kier alpha value is -0.850. The maximum absolute atomic E-state index is 2.27. The lowest BCUT2D eigenvalue weighted by Crippen LogP contribution is -2.51. The maximum Gasteiger partial charge on any atom is 0.169 e. The third kappa shape index (κ3) is 2.07. The minimum Gasteiger partial charge on any atom is -0.200 e. The molecule has 0 bridgehead atoms. The van der Waals surface area contributed by atoms with E-state index in [9.17, 15) is 0 Å². The summed E-state index contributed by atoms with van der Waals surface area (Å²) in [7, 11) is 0. The summed E-state index contributed by atoms with van der Waals surface area (Å²) in [6.45, 7) is 6.78. The van der Waals surface area contributed by atoms with Crippen LogP contribution >= 0.6 is 0 Å². The molecule has 1 nitrogen and oxygen atoms in total. The van der Waals surface area contributed by atoms with Gasteiger partial charge in [-0.2, -0.15) is 0 Å². The van der Waals surface area contributed by atoms with Crippen LogP contribution in [-0.2, 0) is 5.54 Å². The van der Waals surface area contributed by atoms with Gasteiger partial charge in [0.15, 0.2) is 17.9 Å². The third-order valence-corrected chi connectivity index (χ3v) is 2.28. The fourth-order valence-electron chi connectivity index (χ4n) is 1.54. The first-order chi connectivity index (χ1) is 5.67. The van der Waals surface area contributed by atoms with Crippen molar-refractivity contribution in [3.05, 3.63) is 30.6 Å². The number of rotatable bonds is 3. The van der Waals surface area contributed by atoms with Crippen LogP contribution in [0.4, 0.5) is 0 Å². The highest BCUT2D eigenvalue weighted by Gasteiger charge is 2.25. The standard InChI is InChI=1S/C11H18N/c1-4-8-11(2,3)12-9-6-5-7-10-12/h5-7,9-10H,4,8H2,1-3H3/q+1. The Labute approximate surface area is 75.1 Å². The number of pyridine rings is 1. The van der Waals surface area contributed by atoms with Gasteiger partial charge in [0, 0.05) is 32.4 Å². The van der Waals surface area contributed by atoms with Crippen molar-refractivity contribution in [1.29, 1.82) is 0 Å². The lowest BCUT2D eigenvalue weighted by molar-refractivity contribution is -0.758. The molecule has 1 rings (SSSR count). The van der Waals surface area contributed by atoms with Gasteiger partial charge in [-0.05, 0) is 6.42 Å². The molecule has 1 aromatic heterocycles. The van der Waals surface area contributed by atoms with Crippen LogP contribution in [0.15, 0.2) is 30.6 Å². The third-order valence-electron chi connectivity index (χ3n) is 2.28. The van der Waals surface area contributed by atoms with Crippen molar-refractivity contribution < 1.29 is 4.57 Å². The van der Waals surface area contributed by atoms with Crippen LogP contribution in [0, 0.1) is 0 Å². The van der Waals surface area contributed by atoms with Crippen molar-refractivity contribution in [2.45, 2.75) is 39.2 Å². The van der Waals surface area contributed by atoms with Crippen LogP contribution in [-0.4, -0.2) is 0 Å². The second kappa shape index (κ2) is 3.70. The molecule has 0 amide bonds. The normalized spacial score (nSPS) is 11.6. The van der Waals surface area contributed by atoms with Gasteiger partial charge in [0.05, 0.1) is 0 Å². The number of hydrogen-bond donors (Lipinski definition) is 0. The molecule has 0 aliphatic carbocycles. The van der Waals surface area contributed by atoms with E-state index >= 15 is 0 Å². The highest BCUT2D eigenvalue weighted by Crippen LogP contribution is 2.13. The summed E-state index contributed by atoms with van der Waals surface area (Å²) in [6, 6.07) is 6.22. The summed E-state index contributed by atoms with van der Waals surface area (Å²) in [6.07, 6.45) is 6.72. The number of aromatic nitrogens is 1. The molecule has 0 unspecified atom stereocenters. The van der Waals surface area contributed by atoms with E-state index < -0.39 is 0 Å². The van der Waals surface area contributed by atoms with Crippen molar-refractivity contribution in [2.24, 2.45) is 0 Å². The van der Waals surface area contributed by atoms with E-state index in [1.807, 2.05) is 0 Å². The summed E-state index contributed by atoms with van der Waals surface area (Å²) >= 11 is 0. The minimum atomic E-state index is 0.260. The molecule has 1 aromatic rings. The maximum atomic E-state index is 2.27. The van der Waals surface area contributed by atoms with Gasteiger partial charge in [-0.15, -0.1) is 0 Å². The van der Waals surface area contributed by atoms with E-state index in [1.54, 1.807) is 0 Å². The van der Waals surface area contributed by atoms with Crippen LogP contribution in [0.5, 0.6) is 0 Å². The Morgan fingerprint density at radius 3 is 2.17 bits per heavy atom. The summed E-state index contributed by atoms with van der Waals surface area (Å²) in [4.78, 5) is 0. The fraction of sp³-hybridized carbons (Fsp3) is 0.545. The first kappa shape index (κ1) is 9.24. The first-order valence-corrected chi connectivity index (χ1v) is 4.63. The Kier molecular flexibility index (Phi) is 2.85. The predicted octanol–water partition coefficient (Wildman–Crippen LogP) is 2.51. The Morgan fingerprint density at radius 1 is 1.08 bits per heavy atom. The van der Waals surface area contributed by atoms with Crippen LogP contribution < -0.4 is 4.57 Å². The lowest BCUT2D eigenvalue weighted by atomic mass is 9.98. The van der Waals surface area contributed by atoms with Crippen molar-refractivity contribution >= 4 is 0 Å². The van der Waals surface area contributed by atoms with Crippen LogP contribution in [0.3, 0.4) is 0 Å². The van der Waals surface area contributed by atoms with Gasteiger partial charge in [-0.1, -0.05) is 13.0 Å². The van der Waals surface area contributed by atoms with Gasteiger partial charge < -0.3 is 0 Å². The van der Waals surface area contributed by atoms with Gasteiger partial charge in [-0.25, -0.2) is 4.57 Å². The summed E-state index contributed by atoms with van der Waals surface area (Å²) < 4.78 is 2.27. The average Bonchev–Trinajstić information content (AvgIpc) is 2.06. The summed E-state index contributed by atoms with van der Waals surface area (Å²) in [5.74, 6) is 0. The zero-order valence-corrected chi connectivity index (χ0v) is 8.25. The second-order valence-corrected chi connectivity index (χ2v) is 3.85. The van der Waals surface area contributed by atoms with Gasteiger partial charge in [0.25, 0.3) is 0 Å². The van der Waals surface area contributed by atoms with E-state index in [0.29, 0.717) is 0 Å². The minimum absolute atomic E-state index is 0.260. The van der Waals surface area contributed by atoms with E-state index in [4.69, 9.17) is 0 Å². The van der Waals surface area contributed by atoms with E-state index in [1.165, 1.54) is 12.8 Å². The fourth-order valence-corrected chi connectivity index (χ4v) is 1.54. The molecule has 0 N–H and O–H groups in total. The summed E-state index contributed by atoms with van der Waals surface area (Å²) in [5.41, 5.74) is 0.260. The van der Waals surface area contributed by atoms with E-state index in [2.05, 4.69) is 55.9 Å². The van der Waals surface area contributed by atoms with Gasteiger partial charge in [-0.3, -0.25) is 0 Å². The molecule has 0 fully saturated rings. The smallest absolute Gasteiger partial charge is 0.169 e. The second-order valence-electron chi connectivity index (χ2n) is 3.85. The Bertz CT molecular complexity index is 226. The summed E-state index contributed by atoms with van der Waals surface area (Å²) in [5, 5.41) is 0. The molecule has 0 radical (unpaired) electrons. The molecule has 1 heteroatoms. The molecular weight excluding hydrogens is 146 g/mol. The molecule has 0 aliphatic rings. The first-order valence-electron chi connectivity index (χ1n) is 4.63. The highest BCUT2D eigenvalue weighted by molar-refractivity contribution is 4.84. The van der Waals surface area contributed by atoms with Gasteiger partial charge in [0.1, 0.15) is 0 Å². The topological polar surface area (TPSA) is 3.88 Å². The molecule has 66 valence electrons.